The molecule has 5 nitrogen and oxygen atoms in total. The Labute approximate surface area is 116 Å². The highest BCUT2D eigenvalue weighted by Crippen LogP contribution is 2.40. The van der Waals surface area contributed by atoms with Crippen LogP contribution in [0.15, 0.2) is 0 Å². The normalized spacial score (nSPS) is 23.6. The smallest absolute Gasteiger partial charge is 0.409 e. The van der Waals surface area contributed by atoms with E-state index in [1.165, 1.54) is 6.42 Å². The summed E-state index contributed by atoms with van der Waals surface area (Å²) in [4.78, 5) is 18.8. The number of carbonyl (C=O) groups is 1. The second-order valence-electron chi connectivity index (χ2n) is 5.09. The number of halogens is 1. The van der Waals surface area contributed by atoms with Gasteiger partial charge in [0.2, 0.25) is 0 Å². The molecule has 0 atom stereocenters. The van der Waals surface area contributed by atoms with Crippen LogP contribution in [0.2, 0.25) is 0 Å². The fraction of sp³-hybridized carbons (Fsp3) is 0.917. The molecule has 1 amide bonds. The molecule has 0 aromatic heterocycles. The van der Waals surface area contributed by atoms with Crippen LogP contribution in [0.1, 0.15) is 19.3 Å². The van der Waals surface area contributed by atoms with Gasteiger partial charge in [0, 0.05) is 31.5 Å². The third-order valence-electron chi connectivity index (χ3n) is 4.05. The summed E-state index contributed by atoms with van der Waals surface area (Å²) < 4.78 is 5.13. The first kappa shape index (κ1) is 14.1. The number of hydrogen-bond donors (Lipinski definition) is 0. The van der Waals surface area contributed by atoms with Gasteiger partial charge in [-0.15, -0.1) is 0 Å². The Kier molecular flexibility index (Phi) is 4.86. The highest BCUT2D eigenvalue weighted by atomic mass is 79.9. The Hall–Kier alpha value is -0.330. The Morgan fingerprint density at radius 1 is 1.28 bits per heavy atom. The van der Waals surface area contributed by atoms with Gasteiger partial charge in [0.15, 0.2) is 0 Å². The van der Waals surface area contributed by atoms with Gasteiger partial charge in [-0.05, 0) is 24.7 Å². The zero-order chi connectivity index (χ0) is 13.0. The molecule has 1 spiro atoms. The Balaban J connectivity index is 1.79. The third-order valence-corrected chi connectivity index (χ3v) is 4.37. The van der Waals surface area contributed by atoms with Crippen molar-refractivity contribution in [1.29, 1.82) is 0 Å². The van der Waals surface area contributed by atoms with Crippen molar-refractivity contribution >= 4 is 22.0 Å². The molecule has 0 radical (unpaired) electrons. The summed E-state index contributed by atoms with van der Waals surface area (Å²) in [6, 6.07) is 0. The van der Waals surface area contributed by atoms with Crippen LogP contribution < -0.4 is 0 Å². The summed E-state index contributed by atoms with van der Waals surface area (Å²) in [6.45, 7) is 4.05. The van der Waals surface area contributed by atoms with Gasteiger partial charge in [-0.25, -0.2) is 4.79 Å². The number of carbonyl (C=O) groups excluding carboxylic acids is 1. The van der Waals surface area contributed by atoms with Crippen LogP contribution in [0.5, 0.6) is 0 Å². The molecule has 0 saturated carbocycles. The zero-order valence-corrected chi connectivity index (χ0v) is 12.4. The number of piperidine rings is 1. The van der Waals surface area contributed by atoms with E-state index in [0.29, 0.717) is 17.4 Å². The second kappa shape index (κ2) is 6.21. The first-order chi connectivity index (χ1) is 8.69. The molecule has 2 fully saturated rings. The average Bonchev–Trinajstić information content (AvgIpc) is 2.80. The van der Waals surface area contributed by atoms with E-state index in [-0.39, 0.29) is 6.09 Å². The van der Waals surface area contributed by atoms with Crippen molar-refractivity contribution in [3.63, 3.8) is 0 Å². The Bertz CT molecular complexity index is 293. The Morgan fingerprint density at radius 3 is 2.50 bits per heavy atom. The summed E-state index contributed by atoms with van der Waals surface area (Å²) in [5.74, 6) is 0. The van der Waals surface area contributed by atoms with Crippen molar-refractivity contribution in [2.24, 2.45) is 5.41 Å². The van der Waals surface area contributed by atoms with Crippen LogP contribution in [-0.2, 0) is 9.57 Å². The van der Waals surface area contributed by atoms with E-state index < -0.39 is 0 Å². The van der Waals surface area contributed by atoms with E-state index >= 15 is 0 Å². The van der Waals surface area contributed by atoms with Crippen molar-refractivity contribution in [3.05, 3.63) is 0 Å². The first-order valence-corrected chi connectivity index (χ1v) is 7.58. The van der Waals surface area contributed by atoms with E-state index in [9.17, 15) is 4.79 Å². The predicted octanol–water partition coefficient (Wildman–Crippen LogP) is 1.87. The number of nitrogens with zero attached hydrogens (tertiary/aromatic N) is 2. The lowest BCUT2D eigenvalue weighted by molar-refractivity contribution is -0.121. The third kappa shape index (κ3) is 3.16. The van der Waals surface area contributed by atoms with Gasteiger partial charge >= 0.3 is 6.09 Å². The van der Waals surface area contributed by atoms with Crippen molar-refractivity contribution < 1.29 is 14.4 Å². The van der Waals surface area contributed by atoms with E-state index in [2.05, 4.69) is 15.9 Å². The van der Waals surface area contributed by atoms with Gasteiger partial charge in [0.1, 0.15) is 6.61 Å². The topological polar surface area (TPSA) is 42.0 Å². The van der Waals surface area contributed by atoms with Gasteiger partial charge in [-0.1, -0.05) is 15.9 Å². The molecule has 104 valence electrons. The molecule has 2 aliphatic heterocycles. The lowest BCUT2D eigenvalue weighted by Crippen LogP contribution is -2.44. The lowest BCUT2D eigenvalue weighted by Gasteiger charge is -2.38. The molecule has 0 unspecified atom stereocenters. The monoisotopic (exact) mass is 320 g/mol. The maximum atomic E-state index is 11.7. The van der Waals surface area contributed by atoms with E-state index in [1.807, 2.05) is 9.96 Å². The number of hydroxylamine groups is 2. The maximum absolute atomic E-state index is 11.7. The minimum Gasteiger partial charge on any atom is -0.449 e. The second-order valence-corrected chi connectivity index (χ2v) is 5.88. The average molecular weight is 321 g/mol. The SMILES string of the molecule is CON1CCC2(CCN(C(=O)OCCBr)CC2)C1. The molecule has 18 heavy (non-hydrogen) atoms. The molecule has 2 rings (SSSR count). The van der Waals surface area contributed by atoms with Crippen molar-refractivity contribution in [3.8, 4) is 0 Å². The summed E-state index contributed by atoms with van der Waals surface area (Å²) in [6.07, 6.45) is 3.10. The van der Waals surface area contributed by atoms with Crippen LogP contribution in [0.4, 0.5) is 4.79 Å². The predicted molar refractivity (Wildman–Crippen MR) is 71.6 cm³/mol. The van der Waals surface area contributed by atoms with Gasteiger partial charge in [0.25, 0.3) is 0 Å². The highest BCUT2D eigenvalue weighted by molar-refractivity contribution is 9.09. The van der Waals surface area contributed by atoms with Crippen LogP contribution >= 0.6 is 15.9 Å². The zero-order valence-electron chi connectivity index (χ0n) is 10.9. The number of rotatable bonds is 3. The van der Waals surface area contributed by atoms with Gasteiger partial charge in [0.05, 0.1) is 7.11 Å². The number of alkyl halides is 1. The maximum Gasteiger partial charge on any atom is 0.409 e. The fourth-order valence-electron chi connectivity index (χ4n) is 2.84. The fourth-order valence-corrected chi connectivity index (χ4v) is 3.00. The largest absolute Gasteiger partial charge is 0.449 e. The lowest BCUT2D eigenvalue weighted by atomic mass is 9.78. The van der Waals surface area contributed by atoms with Crippen LogP contribution in [-0.4, -0.2) is 61.3 Å². The number of amides is 1. The molecule has 0 aromatic carbocycles. The van der Waals surface area contributed by atoms with E-state index in [4.69, 9.17) is 9.57 Å². The number of likely N-dealkylation sites (tertiary alicyclic amines) is 1. The minimum atomic E-state index is -0.175. The molecule has 6 heteroatoms. The minimum absolute atomic E-state index is 0.175. The van der Waals surface area contributed by atoms with Crippen molar-refractivity contribution in [2.75, 3.05) is 45.2 Å². The summed E-state index contributed by atoms with van der Waals surface area (Å²) in [5.41, 5.74) is 0.349. The van der Waals surface area contributed by atoms with Crippen LogP contribution in [0.25, 0.3) is 0 Å². The van der Waals surface area contributed by atoms with E-state index in [1.54, 1.807) is 7.11 Å². The quantitative estimate of drug-likeness (QED) is 0.744. The summed E-state index contributed by atoms with van der Waals surface area (Å²) in [7, 11) is 1.73. The molecule has 2 saturated heterocycles. The molecule has 0 aromatic rings. The molecule has 2 aliphatic rings. The van der Waals surface area contributed by atoms with E-state index in [0.717, 1.165) is 39.0 Å². The number of hydrogen-bond acceptors (Lipinski definition) is 4. The summed E-state index contributed by atoms with van der Waals surface area (Å²) in [5, 5.41) is 2.72. The highest BCUT2D eigenvalue weighted by Gasteiger charge is 2.41. The van der Waals surface area contributed by atoms with Crippen molar-refractivity contribution in [2.45, 2.75) is 19.3 Å². The number of ether oxygens (including phenoxy) is 1. The molecule has 0 aliphatic carbocycles. The van der Waals surface area contributed by atoms with Gasteiger partial charge in [-0.3, -0.25) is 0 Å². The molecule has 2 heterocycles. The molecular weight excluding hydrogens is 300 g/mol. The van der Waals surface area contributed by atoms with Crippen LogP contribution in [0, 0.1) is 5.41 Å². The molecule has 0 bridgehead atoms. The standard InChI is InChI=1S/C12H21BrN2O3/c1-17-15-8-4-12(10-15)2-6-14(7-3-12)11(16)18-9-5-13/h2-10H2,1H3. The first-order valence-electron chi connectivity index (χ1n) is 6.46. The Morgan fingerprint density at radius 2 is 1.94 bits per heavy atom. The van der Waals surface area contributed by atoms with Crippen LogP contribution in [0.3, 0.4) is 0 Å². The molecular formula is C12H21BrN2O3. The van der Waals surface area contributed by atoms with Gasteiger partial charge < -0.3 is 14.5 Å². The van der Waals surface area contributed by atoms with Gasteiger partial charge in [-0.2, -0.15) is 5.06 Å². The summed E-state index contributed by atoms with van der Waals surface area (Å²) >= 11 is 3.25. The molecule has 0 N–H and O–H groups in total. The van der Waals surface area contributed by atoms with Crippen molar-refractivity contribution in [1.82, 2.24) is 9.96 Å².